The van der Waals surface area contributed by atoms with Gasteiger partial charge < -0.3 is 10.1 Å². The second-order valence-corrected chi connectivity index (χ2v) is 3.95. The summed E-state index contributed by atoms with van der Waals surface area (Å²) in [6, 6.07) is 14.0. The summed E-state index contributed by atoms with van der Waals surface area (Å²) in [5, 5.41) is 13.8. The van der Waals surface area contributed by atoms with Crippen molar-refractivity contribution in [1.82, 2.24) is 0 Å². The van der Waals surface area contributed by atoms with Gasteiger partial charge in [0.1, 0.15) is 12.4 Å². The predicted octanol–water partition coefficient (Wildman–Crippen LogP) is 3.22. The van der Waals surface area contributed by atoms with Gasteiger partial charge in [0.2, 0.25) is 0 Å². The Morgan fingerprint density at radius 2 is 1.95 bits per heavy atom. The monoisotopic (exact) mass is 258 g/mol. The molecule has 0 heterocycles. The molecule has 98 valence electrons. The van der Waals surface area contributed by atoms with Crippen LogP contribution in [0.2, 0.25) is 0 Å². The smallest absolute Gasteiger partial charge is 0.269 e. The number of nitro groups is 1. The molecule has 0 amide bonds. The van der Waals surface area contributed by atoms with E-state index in [1.165, 1.54) is 12.1 Å². The van der Waals surface area contributed by atoms with E-state index in [9.17, 15) is 10.1 Å². The highest BCUT2D eigenvalue weighted by Gasteiger charge is 2.10. The van der Waals surface area contributed by atoms with E-state index in [4.69, 9.17) is 4.74 Å². The van der Waals surface area contributed by atoms with Gasteiger partial charge >= 0.3 is 0 Å². The van der Waals surface area contributed by atoms with Gasteiger partial charge in [-0.3, -0.25) is 10.1 Å². The molecule has 5 nitrogen and oxygen atoms in total. The summed E-state index contributed by atoms with van der Waals surface area (Å²) in [6.07, 6.45) is 0. The molecule has 2 aromatic carbocycles. The number of hydrogen-bond donors (Lipinski definition) is 1. The van der Waals surface area contributed by atoms with E-state index in [0.29, 0.717) is 0 Å². The summed E-state index contributed by atoms with van der Waals surface area (Å²) in [5.74, 6) is 0.732. The summed E-state index contributed by atoms with van der Waals surface area (Å²) < 4.78 is 5.61. The molecule has 0 saturated carbocycles. The zero-order chi connectivity index (χ0) is 13.7. The van der Waals surface area contributed by atoms with E-state index in [2.05, 4.69) is 5.32 Å². The van der Waals surface area contributed by atoms with Gasteiger partial charge in [-0.2, -0.15) is 0 Å². The Balaban J connectivity index is 2.18. The highest BCUT2D eigenvalue weighted by atomic mass is 16.6. The average molecular weight is 258 g/mol. The highest BCUT2D eigenvalue weighted by molar-refractivity contribution is 5.55. The lowest BCUT2D eigenvalue weighted by Crippen LogP contribution is -2.02. The van der Waals surface area contributed by atoms with Gasteiger partial charge in [0.25, 0.3) is 5.69 Å². The topological polar surface area (TPSA) is 64.4 Å². The molecule has 0 atom stereocenters. The highest BCUT2D eigenvalue weighted by Crippen LogP contribution is 2.23. The Labute approximate surface area is 111 Å². The third-order valence-electron chi connectivity index (χ3n) is 2.71. The molecule has 0 aromatic heterocycles. The SMILES string of the molecule is CNc1ccc([N+](=O)[O-])cc1COc1ccccc1. The van der Waals surface area contributed by atoms with Crippen molar-refractivity contribution in [2.45, 2.75) is 6.61 Å². The summed E-state index contributed by atoms with van der Waals surface area (Å²) in [4.78, 5) is 10.4. The van der Waals surface area contributed by atoms with Gasteiger partial charge in [-0.05, 0) is 18.2 Å². The van der Waals surface area contributed by atoms with Crippen LogP contribution in [0.25, 0.3) is 0 Å². The predicted molar refractivity (Wildman–Crippen MR) is 73.4 cm³/mol. The van der Waals surface area contributed by atoms with E-state index in [1.54, 1.807) is 13.1 Å². The van der Waals surface area contributed by atoms with Gasteiger partial charge in [0, 0.05) is 30.4 Å². The Hall–Kier alpha value is -2.56. The van der Waals surface area contributed by atoms with Crippen LogP contribution in [0.5, 0.6) is 5.75 Å². The van der Waals surface area contributed by atoms with Crippen LogP contribution in [-0.4, -0.2) is 12.0 Å². The lowest BCUT2D eigenvalue weighted by Gasteiger charge is -2.10. The van der Waals surface area contributed by atoms with Gasteiger partial charge in [-0.25, -0.2) is 0 Å². The van der Waals surface area contributed by atoms with E-state index in [1.807, 2.05) is 30.3 Å². The fourth-order valence-electron chi connectivity index (χ4n) is 1.73. The minimum atomic E-state index is -0.411. The molecular formula is C14H14N2O3. The van der Waals surface area contributed by atoms with Crippen molar-refractivity contribution in [3.8, 4) is 5.75 Å². The molecule has 1 N–H and O–H groups in total. The second-order valence-electron chi connectivity index (χ2n) is 3.95. The van der Waals surface area contributed by atoms with Crippen molar-refractivity contribution in [3.05, 3.63) is 64.2 Å². The Morgan fingerprint density at radius 1 is 1.21 bits per heavy atom. The summed E-state index contributed by atoms with van der Waals surface area (Å²) >= 11 is 0. The normalized spacial score (nSPS) is 9.95. The van der Waals surface area contributed by atoms with E-state index >= 15 is 0 Å². The number of non-ortho nitro benzene ring substituents is 1. The van der Waals surface area contributed by atoms with Crippen LogP contribution >= 0.6 is 0 Å². The lowest BCUT2D eigenvalue weighted by atomic mass is 10.1. The molecule has 0 aliphatic rings. The summed E-state index contributed by atoms with van der Waals surface area (Å²) in [6.45, 7) is 0.280. The molecule has 0 unspecified atom stereocenters. The molecule has 0 aliphatic carbocycles. The Kier molecular flexibility index (Phi) is 3.97. The first-order valence-corrected chi connectivity index (χ1v) is 5.83. The zero-order valence-electron chi connectivity index (χ0n) is 10.5. The van der Waals surface area contributed by atoms with Crippen molar-refractivity contribution in [1.29, 1.82) is 0 Å². The first-order valence-electron chi connectivity index (χ1n) is 5.83. The van der Waals surface area contributed by atoms with E-state index < -0.39 is 4.92 Å². The Morgan fingerprint density at radius 3 is 2.58 bits per heavy atom. The largest absolute Gasteiger partial charge is 0.489 e. The molecule has 2 aromatic rings. The molecule has 0 fully saturated rings. The van der Waals surface area contributed by atoms with Crippen LogP contribution in [0, 0.1) is 10.1 Å². The molecule has 0 saturated heterocycles. The number of rotatable bonds is 5. The minimum Gasteiger partial charge on any atom is -0.489 e. The third kappa shape index (κ3) is 3.22. The maximum Gasteiger partial charge on any atom is 0.269 e. The molecule has 0 radical (unpaired) electrons. The molecule has 5 heteroatoms. The molecule has 19 heavy (non-hydrogen) atoms. The number of para-hydroxylation sites is 1. The second kappa shape index (κ2) is 5.86. The van der Waals surface area contributed by atoms with E-state index in [-0.39, 0.29) is 12.3 Å². The molecule has 0 spiro atoms. The molecule has 2 rings (SSSR count). The van der Waals surface area contributed by atoms with E-state index in [0.717, 1.165) is 17.0 Å². The fraction of sp³-hybridized carbons (Fsp3) is 0.143. The molecular weight excluding hydrogens is 244 g/mol. The summed E-state index contributed by atoms with van der Waals surface area (Å²) in [7, 11) is 1.77. The average Bonchev–Trinajstić information content (AvgIpc) is 2.45. The maximum absolute atomic E-state index is 10.8. The first kappa shape index (κ1) is 12.9. The van der Waals surface area contributed by atoms with Crippen molar-refractivity contribution in [2.24, 2.45) is 0 Å². The van der Waals surface area contributed by atoms with Gasteiger partial charge in [0.05, 0.1) is 4.92 Å². The summed E-state index contributed by atoms with van der Waals surface area (Å²) in [5.41, 5.74) is 1.63. The van der Waals surface area contributed by atoms with Crippen LogP contribution in [0.1, 0.15) is 5.56 Å². The van der Waals surface area contributed by atoms with Crippen LogP contribution < -0.4 is 10.1 Å². The van der Waals surface area contributed by atoms with Crippen LogP contribution in [0.15, 0.2) is 48.5 Å². The minimum absolute atomic E-state index is 0.0608. The van der Waals surface area contributed by atoms with Crippen LogP contribution in [0.3, 0.4) is 0 Å². The number of benzene rings is 2. The number of hydrogen-bond acceptors (Lipinski definition) is 4. The maximum atomic E-state index is 10.8. The fourth-order valence-corrected chi connectivity index (χ4v) is 1.73. The van der Waals surface area contributed by atoms with Crippen molar-refractivity contribution in [2.75, 3.05) is 12.4 Å². The van der Waals surface area contributed by atoms with Crippen LogP contribution in [0.4, 0.5) is 11.4 Å². The zero-order valence-corrected chi connectivity index (χ0v) is 10.5. The number of nitrogens with one attached hydrogen (secondary N) is 1. The van der Waals surface area contributed by atoms with Crippen molar-refractivity contribution in [3.63, 3.8) is 0 Å². The van der Waals surface area contributed by atoms with Crippen molar-refractivity contribution >= 4 is 11.4 Å². The molecule has 0 bridgehead atoms. The first-order chi connectivity index (χ1) is 9.20. The Bertz CT molecular complexity index is 570. The number of anilines is 1. The van der Waals surface area contributed by atoms with Gasteiger partial charge in [-0.15, -0.1) is 0 Å². The third-order valence-corrected chi connectivity index (χ3v) is 2.71. The van der Waals surface area contributed by atoms with Gasteiger partial charge in [-0.1, -0.05) is 18.2 Å². The molecule has 0 aliphatic heterocycles. The number of nitro benzene ring substituents is 1. The van der Waals surface area contributed by atoms with Crippen LogP contribution in [-0.2, 0) is 6.61 Å². The van der Waals surface area contributed by atoms with Gasteiger partial charge in [0.15, 0.2) is 0 Å². The number of nitrogens with zero attached hydrogens (tertiary/aromatic N) is 1. The quantitative estimate of drug-likeness (QED) is 0.660. The van der Waals surface area contributed by atoms with Crippen molar-refractivity contribution < 1.29 is 9.66 Å². The lowest BCUT2D eigenvalue weighted by molar-refractivity contribution is -0.384. The number of ether oxygens (including phenoxy) is 1. The standard InChI is InChI=1S/C14H14N2O3/c1-15-14-8-7-12(16(17)18)9-11(14)10-19-13-5-3-2-4-6-13/h2-9,15H,10H2,1H3.